The van der Waals surface area contributed by atoms with Crippen molar-refractivity contribution >= 4 is 41.1 Å². The number of hydrogen-bond donors (Lipinski definition) is 1. The molecule has 0 spiro atoms. The van der Waals surface area contributed by atoms with Gasteiger partial charge in [0.15, 0.2) is 0 Å². The summed E-state index contributed by atoms with van der Waals surface area (Å²) in [5.41, 5.74) is 1.42. The van der Waals surface area contributed by atoms with Crippen LogP contribution in [0.3, 0.4) is 0 Å². The lowest BCUT2D eigenvalue weighted by molar-refractivity contribution is -0.145. The first-order valence-corrected chi connectivity index (χ1v) is 11.9. The van der Waals surface area contributed by atoms with E-state index in [1.807, 2.05) is 0 Å². The zero-order chi connectivity index (χ0) is 28.9. The predicted octanol–water partition coefficient (Wildman–Crippen LogP) is 4.57. The van der Waals surface area contributed by atoms with Crippen LogP contribution < -0.4 is 14.8 Å². The summed E-state index contributed by atoms with van der Waals surface area (Å²) < 4.78 is 19.7. The molecule has 0 aliphatic rings. The highest BCUT2D eigenvalue weighted by atomic mass is 16.5. The van der Waals surface area contributed by atoms with Gasteiger partial charge >= 0.3 is 11.9 Å². The number of methoxy groups -OCH3 is 2. The first-order chi connectivity index (χ1) is 18.1. The standard InChI is InChI=1S/C14H19NO4.C11H13NO3.C3H6O/c1-4-19-14(17)13(9-10(2)16)15-11-5-7-12(18-3)8-6-11;1-3-15-11(13)8-12-9-4-6-10(14-2)7-5-9;1-3(2)4/h5-8,13,15H,4,9H2,1-3H3;4-8H,3H2,1-2H3;1-2H3/t13-;;/m0../s1. The van der Waals surface area contributed by atoms with Crippen molar-refractivity contribution in [3.8, 4) is 11.5 Å². The van der Waals surface area contributed by atoms with Crippen LogP contribution in [-0.2, 0) is 28.7 Å². The fourth-order valence-corrected chi connectivity index (χ4v) is 2.59. The summed E-state index contributed by atoms with van der Waals surface area (Å²) in [5, 5.41) is 3.00. The Morgan fingerprint density at radius 3 is 1.71 bits per heavy atom. The van der Waals surface area contributed by atoms with E-state index < -0.39 is 18.0 Å². The number of carbonyl (C=O) groups is 4. The SMILES string of the molecule is CC(C)=O.CCOC(=O)C=Nc1ccc(OC)cc1.CCOC(=O)[C@H](CC(C)=O)Nc1ccc(OC)cc1. The van der Waals surface area contributed by atoms with Crippen molar-refractivity contribution < 1.29 is 38.1 Å². The van der Waals surface area contributed by atoms with Crippen LogP contribution in [0.15, 0.2) is 53.5 Å². The third kappa shape index (κ3) is 16.5. The van der Waals surface area contributed by atoms with Crippen LogP contribution in [0.4, 0.5) is 11.4 Å². The molecule has 0 saturated heterocycles. The predicted molar refractivity (Wildman–Crippen MR) is 146 cm³/mol. The molecule has 10 nitrogen and oxygen atoms in total. The van der Waals surface area contributed by atoms with Gasteiger partial charge in [0.1, 0.15) is 35.3 Å². The number of esters is 2. The molecule has 1 atom stereocenters. The minimum atomic E-state index is -0.661. The molecule has 0 radical (unpaired) electrons. The molecule has 2 rings (SSSR count). The van der Waals surface area contributed by atoms with Gasteiger partial charge in [-0.05, 0) is 83.1 Å². The second-order valence-corrected chi connectivity index (χ2v) is 7.70. The maximum absolute atomic E-state index is 11.7. The fourth-order valence-electron chi connectivity index (χ4n) is 2.59. The molecular formula is C28H38N2O8. The van der Waals surface area contributed by atoms with E-state index in [0.717, 1.165) is 23.4 Å². The summed E-state index contributed by atoms with van der Waals surface area (Å²) in [5.74, 6) is 0.718. The van der Waals surface area contributed by atoms with Crippen LogP contribution in [0, 0.1) is 0 Å². The summed E-state index contributed by atoms with van der Waals surface area (Å²) in [6, 6.07) is 13.5. The highest BCUT2D eigenvalue weighted by molar-refractivity contribution is 6.23. The molecular weight excluding hydrogens is 492 g/mol. The maximum atomic E-state index is 11.7. The van der Waals surface area contributed by atoms with Crippen molar-refractivity contribution in [2.45, 2.75) is 47.1 Å². The van der Waals surface area contributed by atoms with E-state index in [1.54, 1.807) is 76.6 Å². The third-order valence-corrected chi connectivity index (χ3v) is 4.17. The number of hydrogen-bond acceptors (Lipinski definition) is 10. The summed E-state index contributed by atoms with van der Waals surface area (Å²) in [6.45, 7) is 8.63. The van der Waals surface area contributed by atoms with Gasteiger partial charge in [0.05, 0.1) is 33.1 Å². The summed E-state index contributed by atoms with van der Waals surface area (Å²) in [6.07, 6.45) is 1.26. The lowest BCUT2D eigenvalue weighted by atomic mass is 10.1. The first-order valence-electron chi connectivity index (χ1n) is 11.9. The molecule has 2 aromatic carbocycles. The van der Waals surface area contributed by atoms with Crippen LogP contribution >= 0.6 is 0 Å². The number of anilines is 1. The molecule has 10 heteroatoms. The molecule has 208 valence electrons. The first kappa shape index (κ1) is 33.8. The van der Waals surface area contributed by atoms with Crippen molar-refractivity contribution in [3.05, 3.63) is 48.5 Å². The Morgan fingerprint density at radius 1 is 0.816 bits per heavy atom. The van der Waals surface area contributed by atoms with Crippen molar-refractivity contribution in [2.24, 2.45) is 4.99 Å². The van der Waals surface area contributed by atoms with Crippen LogP contribution in [0.2, 0.25) is 0 Å². The maximum Gasteiger partial charge on any atom is 0.349 e. The van der Waals surface area contributed by atoms with Gasteiger partial charge in [-0.15, -0.1) is 0 Å². The molecule has 0 saturated carbocycles. The monoisotopic (exact) mass is 530 g/mol. The third-order valence-electron chi connectivity index (χ3n) is 4.17. The molecule has 0 aliphatic heterocycles. The zero-order valence-corrected chi connectivity index (χ0v) is 23.1. The van der Waals surface area contributed by atoms with Gasteiger partial charge in [0, 0.05) is 12.1 Å². The molecule has 1 N–H and O–H groups in total. The molecule has 0 aliphatic carbocycles. The fraction of sp³-hybridized carbons (Fsp3) is 0.393. The number of Topliss-reactive ketones (excluding diaryl/α,β-unsaturated/α-hetero) is 2. The van der Waals surface area contributed by atoms with Crippen LogP contribution in [0.25, 0.3) is 0 Å². The number of aliphatic imine (C=N–C) groups is 1. The summed E-state index contributed by atoms with van der Waals surface area (Å²) >= 11 is 0. The van der Waals surface area contributed by atoms with E-state index in [2.05, 4.69) is 10.3 Å². The molecule has 0 unspecified atom stereocenters. The zero-order valence-electron chi connectivity index (χ0n) is 23.1. The van der Waals surface area contributed by atoms with Gasteiger partial charge in [-0.1, -0.05) is 0 Å². The Kier molecular flexibility index (Phi) is 17.7. The topological polar surface area (TPSA) is 130 Å². The Morgan fingerprint density at radius 2 is 1.29 bits per heavy atom. The molecule has 0 fully saturated rings. The van der Waals surface area contributed by atoms with Crippen molar-refractivity contribution in [1.82, 2.24) is 0 Å². The average molecular weight is 531 g/mol. The lowest BCUT2D eigenvalue weighted by Crippen LogP contribution is -2.33. The quantitative estimate of drug-likeness (QED) is 0.328. The number of nitrogens with one attached hydrogen (secondary N) is 1. The number of rotatable bonds is 11. The highest BCUT2D eigenvalue weighted by Gasteiger charge is 2.21. The molecule has 38 heavy (non-hydrogen) atoms. The van der Waals surface area contributed by atoms with Crippen LogP contribution in [0.1, 0.15) is 41.0 Å². The molecule has 0 heterocycles. The largest absolute Gasteiger partial charge is 0.497 e. The van der Waals surface area contributed by atoms with Gasteiger partial charge in [0.2, 0.25) is 0 Å². The van der Waals surface area contributed by atoms with E-state index >= 15 is 0 Å². The Labute approximate surface area is 224 Å². The average Bonchev–Trinajstić information content (AvgIpc) is 2.88. The Bertz CT molecular complexity index is 1010. The summed E-state index contributed by atoms with van der Waals surface area (Å²) in [4.78, 5) is 47.3. The summed E-state index contributed by atoms with van der Waals surface area (Å²) in [7, 11) is 3.18. The van der Waals surface area contributed by atoms with E-state index in [1.165, 1.54) is 20.8 Å². The molecule has 0 amide bonds. The van der Waals surface area contributed by atoms with E-state index in [4.69, 9.17) is 18.9 Å². The highest BCUT2D eigenvalue weighted by Crippen LogP contribution is 2.18. The molecule has 0 aromatic heterocycles. The van der Waals surface area contributed by atoms with Gasteiger partial charge in [-0.3, -0.25) is 4.79 Å². The lowest BCUT2D eigenvalue weighted by Gasteiger charge is -2.17. The minimum absolute atomic E-state index is 0.0703. The van der Waals surface area contributed by atoms with E-state index in [0.29, 0.717) is 12.3 Å². The van der Waals surface area contributed by atoms with E-state index in [9.17, 15) is 19.2 Å². The van der Waals surface area contributed by atoms with Gasteiger partial charge in [-0.2, -0.15) is 0 Å². The van der Waals surface area contributed by atoms with Crippen molar-refractivity contribution in [1.29, 1.82) is 0 Å². The van der Waals surface area contributed by atoms with Crippen LogP contribution in [-0.4, -0.2) is 63.2 Å². The second kappa shape index (κ2) is 19.9. The minimum Gasteiger partial charge on any atom is -0.497 e. The van der Waals surface area contributed by atoms with Crippen molar-refractivity contribution in [3.63, 3.8) is 0 Å². The Balaban J connectivity index is 0.000000644. The molecule has 0 bridgehead atoms. The number of benzene rings is 2. The van der Waals surface area contributed by atoms with Crippen molar-refractivity contribution in [2.75, 3.05) is 32.8 Å². The van der Waals surface area contributed by atoms with Crippen LogP contribution in [0.5, 0.6) is 11.5 Å². The molecule has 2 aromatic rings. The Hall–Kier alpha value is -4.21. The smallest absolute Gasteiger partial charge is 0.349 e. The van der Waals surface area contributed by atoms with Gasteiger partial charge in [-0.25, -0.2) is 14.6 Å². The number of nitrogens with zero attached hydrogens (tertiary/aromatic N) is 1. The second-order valence-electron chi connectivity index (χ2n) is 7.70. The van der Waals surface area contributed by atoms with E-state index in [-0.39, 0.29) is 24.6 Å². The number of ether oxygens (including phenoxy) is 4. The number of ketones is 2. The normalized spacial score (nSPS) is 10.5. The number of carbonyl (C=O) groups excluding carboxylic acids is 4. The van der Waals surface area contributed by atoms with Gasteiger partial charge in [0.25, 0.3) is 0 Å². The van der Waals surface area contributed by atoms with Gasteiger partial charge < -0.3 is 29.1 Å².